The number of anilines is 2. The van der Waals surface area contributed by atoms with Gasteiger partial charge in [-0.3, -0.25) is 4.79 Å². The Morgan fingerprint density at radius 3 is 2.50 bits per heavy atom. The quantitative estimate of drug-likeness (QED) is 0.533. The number of esters is 1. The number of carbonyl (C=O) groups is 1. The fourth-order valence-corrected chi connectivity index (χ4v) is 1.89. The summed E-state index contributed by atoms with van der Waals surface area (Å²) in [6.45, 7) is 7.87. The van der Waals surface area contributed by atoms with E-state index in [1.54, 1.807) is 6.33 Å². The highest BCUT2D eigenvalue weighted by Gasteiger charge is 2.09. The van der Waals surface area contributed by atoms with Crippen LogP contribution in [-0.4, -0.2) is 35.6 Å². The van der Waals surface area contributed by atoms with Gasteiger partial charge in [0.05, 0.1) is 6.61 Å². The molecular weight excluding hydrogens is 256 g/mol. The predicted molar refractivity (Wildman–Crippen MR) is 79.9 cm³/mol. The number of hydrogen-bond donors (Lipinski definition) is 2. The molecule has 0 amide bonds. The minimum absolute atomic E-state index is 0.152. The summed E-state index contributed by atoms with van der Waals surface area (Å²) in [5.41, 5.74) is 1.07. The molecule has 0 fully saturated rings. The molecule has 0 saturated heterocycles. The minimum atomic E-state index is -0.152. The van der Waals surface area contributed by atoms with Gasteiger partial charge in [0.25, 0.3) is 0 Å². The fourth-order valence-electron chi connectivity index (χ4n) is 1.89. The number of nitrogens with zero attached hydrogens (tertiary/aromatic N) is 2. The van der Waals surface area contributed by atoms with Gasteiger partial charge in [-0.15, -0.1) is 0 Å². The van der Waals surface area contributed by atoms with Crippen molar-refractivity contribution in [1.82, 2.24) is 9.97 Å². The maximum absolute atomic E-state index is 11.2. The highest BCUT2D eigenvalue weighted by Crippen LogP contribution is 2.20. The van der Waals surface area contributed by atoms with E-state index >= 15 is 0 Å². The zero-order chi connectivity index (χ0) is 14.8. The Morgan fingerprint density at radius 1 is 1.20 bits per heavy atom. The average Bonchev–Trinajstić information content (AvgIpc) is 2.44. The van der Waals surface area contributed by atoms with Crippen molar-refractivity contribution in [3.05, 3.63) is 11.9 Å². The van der Waals surface area contributed by atoms with Crippen molar-refractivity contribution in [1.29, 1.82) is 0 Å². The van der Waals surface area contributed by atoms with Crippen LogP contribution in [0.5, 0.6) is 0 Å². The second kappa shape index (κ2) is 9.12. The van der Waals surface area contributed by atoms with Gasteiger partial charge in [0.2, 0.25) is 0 Å². The molecule has 1 rings (SSSR count). The molecule has 0 aliphatic carbocycles. The lowest BCUT2D eigenvalue weighted by molar-refractivity contribution is -0.143. The maximum atomic E-state index is 11.2. The molecule has 0 aliphatic rings. The van der Waals surface area contributed by atoms with E-state index in [0.717, 1.165) is 36.6 Å². The molecule has 1 heterocycles. The van der Waals surface area contributed by atoms with Gasteiger partial charge in [0, 0.05) is 25.1 Å². The van der Waals surface area contributed by atoms with Gasteiger partial charge < -0.3 is 15.4 Å². The first-order valence-electron chi connectivity index (χ1n) is 7.20. The van der Waals surface area contributed by atoms with Gasteiger partial charge in [-0.05, 0) is 26.7 Å². The number of carbonyl (C=O) groups excluding carboxylic acids is 1. The first-order valence-corrected chi connectivity index (χ1v) is 7.20. The molecule has 112 valence electrons. The minimum Gasteiger partial charge on any atom is -0.466 e. The molecule has 1 aromatic rings. The first-order chi connectivity index (χ1) is 9.72. The maximum Gasteiger partial charge on any atom is 0.305 e. The van der Waals surface area contributed by atoms with Crippen LogP contribution >= 0.6 is 0 Å². The van der Waals surface area contributed by atoms with Gasteiger partial charge in [-0.2, -0.15) is 0 Å². The summed E-state index contributed by atoms with van der Waals surface area (Å²) in [5.74, 6) is 1.56. The summed E-state index contributed by atoms with van der Waals surface area (Å²) < 4.78 is 4.89. The zero-order valence-electron chi connectivity index (χ0n) is 12.5. The summed E-state index contributed by atoms with van der Waals surface area (Å²) in [6, 6.07) is 0. The van der Waals surface area contributed by atoms with Crippen LogP contribution in [0.3, 0.4) is 0 Å². The molecular formula is C14H24N4O2. The lowest BCUT2D eigenvalue weighted by Crippen LogP contribution is -2.12. The van der Waals surface area contributed by atoms with E-state index in [4.69, 9.17) is 4.74 Å². The molecule has 0 atom stereocenters. The van der Waals surface area contributed by atoms with Crippen molar-refractivity contribution in [2.75, 3.05) is 30.3 Å². The van der Waals surface area contributed by atoms with Crippen LogP contribution in [0, 0.1) is 0 Å². The molecule has 2 N–H and O–H groups in total. The van der Waals surface area contributed by atoms with Gasteiger partial charge in [0.15, 0.2) is 0 Å². The molecule has 6 nitrogen and oxygen atoms in total. The van der Waals surface area contributed by atoms with Gasteiger partial charge in [0.1, 0.15) is 18.0 Å². The monoisotopic (exact) mass is 280 g/mol. The van der Waals surface area contributed by atoms with Crippen LogP contribution in [0.15, 0.2) is 6.33 Å². The summed E-state index contributed by atoms with van der Waals surface area (Å²) in [4.78, 5) is 19.7. The van der Waals surface area contributed by atoms with E-state index < -0.39 is 0 Å². The lowest BCUT2D eigenvalue weighted by atomic mass is 10.2. The topological polar surface area (TPSA) is 76.1 Å². The third kappa shape index (κ3) is 5.03. The molecule has 0 saturated carbocycles. The largest absolute Gasteiger partial charge is 0.466 e. The Balaban J connectivity index is 2.51. The van der Waals surface area contributed by atoms with Crippen LogP contribution < -0.4 is 10.6 Å². The van der Waals surface area contributed by atoms with Crippen LogP contribution in [0.1, 0.15) is 39.2 Å². The number of ether oxygens (including phenoxy) is 1. The number of rotatable bonds is 9. The lowest BCUT2D eigenvalue weighted by Gasteiger charge is -2.13. The van der Waals surface area contributed by atoms with Crippen molar-refractivity contribution in [2.45, 2.75) is 40.0 Å². The van der Waals surface area contributed by atoms with E-state index in [1.165, 1.54) is 0 Å². The van der Waals surface area contributed by atoms with Crippen LogP contribution in [0.25, 0.3) is 0 Å². The van der Waals surface area contributed by atoms with E-state index in [2.05, 4.69) is 27.5 Å². The number of hydrogen-bond acceptors (Lipinski definition) is 6. The highest BCUT2D eigenvalue weighted by molar-refractivity contribution is 5.69. The highest BCUT2D eigenvalue weighted by atomic mass is 16.5. The van der Waals surface area contributed by atoms with E-state index in [0.29, 0.717) is 19.6 Å². The number of aromatic nitrogens is 2. The molecule has 1 aromatic heterocycles. The van der Waals surface area contributed by atoms with Crippen molar-refractivity contribution in [3.63, 3.8) is 0 Å². The van der Waals surface area contributed by atoms with Crippen LogP contribution in [0.4, 0.5) is 11.6 Å². The Kier molecular flexibility index (Phi) is 7.39. The summed E-state index contributed by atoms with van der Waals surface area (Å²) in [7, 11) is 0. The van der Waals surface area contributed by atoms with Crippen molar-refractivity contribution >= 4 is 17.6 Å². The molecule has 0 radical (unpaired) electrons. The Morgan fingerprint density at radius 2 is 1.90 bits per heavy atom. The Bertz CT molecular complexity index is 424. The molecule has 0 unspecified atom stereocenters. The molecule has 0 aromatic carbocycles. The zero-order valence-corrected chi connectivity index (χ0v) is 12.5. The predicted octanol–water partition coefficient (Wildman–Crippen LogP) is 2.23. The SMILES string of the molecule is CCNc1ncnc(NCCCC(=O)OCC)c1CC. The summed E-state index contributed by atoms with van der Waals surface area (Å²) in [5, 5.41) is 6.49. The fraction of sp³-hybridized carbons (Fsp3) is 0.643. The Labute approximate surface area is 120 Å². The normalized spacial score (nSPS) is 10.2. The standard InChI is InChI=1S/C14H24N4O2/c1-4-11-13(15-5-2)17-10-18-14(11)16-9-7-8-12(19)20-6-3/h10H,4-9H2,1-3H3,(H2,15,16,17,18). The van der Waals surface area contributed by atoms with E-state index in [9.17, 15) is 4.79 Å². The van der Waals surface area contributed by atoms with Crippen molar-refractivity contribution in [2.24, 2.45) is 0 Å². The smallest absolute Gasteiger partial charge is 0.305 e. The average molecular weight is 280 g/mol. The van der Waals surface area contributed by atoms with Crippen molar-refractivity contribution < 1.29 is 9.53 Å². The second-order valence-corrected chi connectivity index (χ2v) is 4.27. The van der Waals surface area contributed by atoms with Crippen molar-refractivity contribution in [3.8, 4) is 0 Å². The van der Waals surface area contributed by atoms with Gasteiger partial charge >= 0.3 is 5.97 Å². The van der Waals surface area contributed by atoms with E-state index in [1.807, 2.05) is 13.8 Å². The summed E-state index contributed by atoms with van der Waals surface area (Å²) >= 11 is 0. The van der Waals surface area contributed by atoms with Crippen LogP contribution in [-0.2, 0) is 16.0 Å². The molecule has 20 heavy (non-hydrogen) atoms. The molecule has 0 bridgehead atoms. The third-order valence-corrected chi connectivity index (χ3v) is 2.80. The van der Waals surface area contributed by atoms with Crippen LogP contribution in [0.2, 0.25) is 0 Å². The summed E-state index contributed by atoms with van der Waals surface area (Å²) in [6.07, 6.45) is 3.55. The van der Waals surface area contributed by atoms with Gasteiger partial charge in [-0.25, -0.2) is 9.97 Å². The van der Waals surface area contributed by atoms with E-state index in [-0.39, 0.29) is 5.97 Å². The Hall–Kier alpha value is -1.85. The molecule has 6 heteroatoms. The van der Waals surface area contributed by atoms with Gasteiger partial charge in [-0.1, -0.05) is 6.92 Å². The second-order valence-electron chi connectivity index (χ2n) is 4.27. The molecule has 0 aliphatic heterocycles. The first kappa shape index (κ1) is 16.2. The third-order valence-electron chi connectivity index (χ3n) is 2.80. The number of nitrogens with one attached hydrogen (secondary N) is 2. The molecule has 0 spiro atoms.